The molecule has 0 aliphatic rings. The number of ether oxygens (including phenoxy) is 2. The van der Waals surface area contributed by atoms with Crippen LogP contribution < -0.4 is 0 Å². The number of unbranched alkanes of at least 4 members (excludes halogenated alkanes) is 2. The molecule has 100 valence electrons. The molecule has 0 saturated carbocycles. The Hall–Kier alpha value is -3.08. The minimum absolute atomic E-state index is 0.433. The first-order valence-electron chi connectivity index (χ1n) is 5.63. The third-order valence-corrected chi connectivity index (χ3v) is 1.59. The van der Waals surface area contributed by atoms with Crippen molar-refractivity contribution in [2.75, 3.05) is 0 Å². The van der Waals surface area contributed by atoms with Crippen molar-refractivity contribution in [3.8, 4) is 48.7 Å². The molecule has 0 unspecified atom stereocenters. The van der Waals surface area contributed by atoms with Crippen molar-refractivity contribution < 1.29 is 19.1 Å². The molecule has 4 heteroatoms. The van der Waals surface area contributed by atoms with E-state index in [1.165, 1.54) is 0 Å². The highest BCUT2D eigenvalue weighted by atomic mass is 16.5. The Balaban J connectivity index is 3.96. The fourth-order valence-electron chi connectivity index (χ4n) is 0.748. The van der Waals surface area contributed by atoms with Crippen molar-refractivity contribution in [2.24, 2.45) is 0 Å². The summed E-state index contributed by atoms with van der Waals surface area (Å²) >= 11 is 0. The maximum Gasteiger partial charge on any atom is 0.344 e. The average molecular weight is 268 g/mol. The largest absolute Gasteiger partial charge is 0.369 e. The van der Waals surface area contributed by atoms with Gasteiger partial charge >= 0.3 is 11.9 Å². The van der Waals surface area contributed by atoms with E-state index in [1.807, 2.05) is 0 Å². The Kier molecular flexibility index (Phi) is 10.5. The summed E-state index contributed by atoms with van der Waals surface area (Å²) in [7, 11) is 0. The van der Waals surface area contributed by atoms with E-state index in [2.05, 4.69) is 45.4 Å². The minimum Gasteiger partial charge on any atom is -0.369 e. The van der Waals surface area contributed by atoms with Gasteiger partial charge in [-0.3, -0.25) is 0 Å². The van der Waals surface area contributed by atoms with E-state index in [9.17, 15) is 9.59 Å². The highest BCUT2D eigenvalue weighted by Gasteiger charge is 1.98. The van der Waals surface area contributed by atoms with Crippen molar-refractivity contribution in [1.29, 1.82) is 0 Å². The first-order valence-corrected chi connectivity index (χ1v) is 5.63. The Morgan fingerprint density at radius 1 is 0.800 bits per heavy atom. The van der Waals surface area contributed by atoms with Crippen LogP contribution in [0.5, 0.6) is 0 Å². The second kappa shape index (κ2) is 12.4. The molecule has 0 bridgehead atoms. The van der Waals surface area contributed by atoms with Gasteiger partial charge in [0, 0.05) is 37.8 Å². The van der Waals surface area contributed by atoms with Crippen LogP contribution in [-0.4, -0.2) is 11.9 Å². The zero-order valence-corrected chi connectivity index (χ0v) is 10.8. The lowest BCUT2D eigenvalue weighted by Gasteiger charge is -1.88. The number of hydrogen-bond acceptors (Lipinski definition) is 4. The van der Waals surface area contributed by atoms with E-state index in [1.54, 1.807) is 0 Å². The smallest absolute Gasteiger partial charge is 0.344 e. The van der Waals surface area contributed by atoms with E-state index in [0.29, 0.717) is 25.7 Å². The van der Waals surface area contributed by atoms with Gasteiger partial charge in [-0.2, -0.15) is 0 Å². The standard InChI is InChI=1S/C16H12O4/c1-3-5-7-9-13-19-15(17)11-12-16(18)20-14-10-8-6-4-2/h1-2,11-12H,5-8H2/b12-11+. The molecule has 0 amide bonds. The molecule has 0 aromatic heterocycles. The van der Waals surface area contributed by atoms with Crippen LogP contribution in [0.1, 0.15) is 25.7 Å². The van der Waals surface area contributed by atoms with Crippen LogP contribution in [0.4, 0.5) is 0 Å². The molecule has 0 spiro atoms. The number of carbonyl (C=O) groups excluding carboxylic acids is 2. The van der Waals surface area contributed by atoms with Gasteiger partial charge in [-0.25, -0.2) is 9.59 Å². The molecule has 20 heavy (non-hydrogen) atoms. The molecule has 4 nitrogen and oxygen atoms in total. The summed E-state index contributed by atoms with van der Waals surface area (Å²) in [5.41, 5.74) is 0. The number of carbonyl (C=O) groups is 2. The first kappa shape index (κ1) is 16.9. The Bertz CT molecular complexity index is 510. The van der Waals surface area contributed by atoms with Crippen molar-refractivity contribution >= 4 is 11.9 Å². The van der Waals surface area contributed by atoms with Gasteiger partial charge < -0.3 is 9.47 Å². The summed E-state index contributed by atoms with van der Waals surface area (Å²) in [6.07, 6.45) is 18.0. The van der Waals surface area contributed by atoms with Gasteiger partial charge in [0.2, 0.25) is 0 Å². The maximum absolute atomic E-state index is 11.1. The van der Waals surface area contributed by atoms with Gasteiger partial charge in [0.1, 0.15) is 12.2 Å². The molecule has 0 fully saturated rings. The van der Waals surface area contributed by atoms with Gasteiger partial charge in [-0.1, -0.05) is 11.8 Å². The highest BCUT2D eigenvalue weighted by molar-refractivity contribution is 5.92. The van der Waals surface area contributed by atoms with Crippen LogP contribution in [0.15, 0.2) is 12.2 Å². The van der Waals surface area contributed by atoms with Crippen LogP contribution in [0.3, 0.4) is 0 Å². The summed E-state index contributed by atoms with van der Waals surface area (Å²) in [5, 5.41) is 0. The lowest BCUT2D eigenvalue weighted by atomic mass is 10.3. The van der Waals surface area contributed by atoms with Gasteiger partial charge in [0.05, 0.1) is 0 Å². The van der Waals surface area contributed by atoms with Crippen molar-refractivity contribution in [3.05, 3.63) is 12.2 Å². The predicted octanol–water partition coefficient (Wildman–Crippen LogP) is 1.38. The molecule has 0 radical (unpaired) electrons. The van der Waals surface area contributed by atoms with Crippen LogP contribution in [-0.2, 0) is 19.1 Å². The first-order chi connectivity index (χ1) is 9.70. The minimum atomic E-state index is -0.782. The van der Waals surface area contributed by atoms with Crippen LogP contribution in [0.2, 0.25) is 0 Å². The fraction of sp³-hybridized carbons (Fsp3) is 0.250. The SMILES string of the molecule is C#CCCC#COC(=O)/C=C/C(=O)OC#CCCC#C. The average Bonchev–Trinajstić information content (AvgIpc) is 2.44. The Morgan fingerprint density at radius 3 is 1.55 bits per heavy atom. The zero-order valence-electron chi connectivity index (χ0n) is 10.8. The van der Waals surface area contributed by atoms with Crippen molar-refractivity contribution in [1.82, 2.24) is 0 Å². The summed E-state index contributed by atoms with van der Waals surface area (Å²) < 4.78 is 8.95. The predicted molar refractivity (Wildman–Crippen MR) is 73.0 cm³/mol. The van der Waals surface area contributed by atoms with Crippen LogP contribution in [0, 0.1) is 48.7 Å². The van der Waals surface area contributed by atoms with E-state index in [0.717, 1.165) is 12.2 Å². The second-order valence-electron chi connectivity index (χ2n) is 3.14. The summed E-state index contributed by atoms with van der Waals surface area (Å²) in [6.45, 7) is 0. The molecule has 0 aromatic carbocycles. The summed E-state index contributed by atoms with van der Waals surface area (Å²) in [6, 6.07) is 0. The normalized spacial score (nSPS) is 8.10. The molecular weight excluding hydrogens is 256 g/mol. The highest BCUT2D eigenvalue weighted by Crippen LogP contribution is 1.87. The molecule has 0 rings (SSSR count). The lowest BCUT2D eigenvalue weighted by Crippen LogP contribution is -1.99. The molecule has 0 aliphatic heterocycles. The van der Waals surface area contributed by atoms with Gasteiger partial charge in [0.25, 0.3) is 0 Å². The molecule has 0 aromatic rings. The molecule has 0 N–H and O–H groups in total. The molecule has 0 aliphatic carbocycles. The van der Waals surface area contributed by atoms with E-state index in [4.69, 9.17) is 12.8 Å². The number of terminal acetylenes is 2. The van der Waals surface area contributed by atoms with Crippen molar-refractivity contribution in [2.45, 2.75) is 25.7 Å². The van der Waals surface area contributed by atoms with Gasteiger partial charge in [-0.05, 0) is 0 Å². The Morgan fingerprint density at radius 2 is 1.20 bits per heavy atom. The maximum atomic E-state index is 11.1. The van der Waals surface area contributed by atoms with Gasteiger partial charge in [-0.15, -0.1) is 24.7 Å². The van der Waals surface area contributed by atoms with E-state index in [-0.39, 0.29) is 0 Å². The fourth-order valence-corrected chi connectivity index (χ4v) is 0.748. The third kappa shape index (κ3) is 11.4. The monoisotopic (exact) mass is 268 g/mol. The summed E-state index contributed by atoms with van der Waals surface area (Å²) in [4.78, 5) is 22.2. The molecule has 0 saturated heterocycles. The molecular formula is C16H12O4. The second-order valence-corrected chi connectivity index (χ2v) is 3.14. The number of esters is 2. The third-order valence-electron chi connectivity index (χ3n) is 1.59. The zero-order chi connectivity index (χ0) is 15.1. The topological polar surface area (TPSA) is 52.6 Å². The number of rotatable bonds is 4. The number of hydrogen-bond donors (Lipinski definition) is 0. The van der Waals surface area contributed by atoms with Crippen molar-refractivity contribution in [3.63, 3.8) is 0 Å². The quantitative estimate of drug-likeness (QED) is 0.334. The van der Waals surface area contributed by atoms with Gasteiger partial charge in [0.15, 0.2) is 0 Å². The Labute approximate surface area is 118 Å². The van der Waals surface area contributed by atoms with Crippen LogP contribution >= 0.6 is 0 Å². The van der Waals surface area contributed by atoms with E-state index < -0.39 is 11.9 Å². The van der Waals surface area contributed by atoms with Crippen LogP contribution in [0.25, 0.3) is 0 Å². The summed E-state index contributed by atoms with van der Waals surface area (Å²) in [5.74, 6) is 8.28. The lowest BCUT2D eigenvalue weighted by molar-refractivity contribution is -0.133. The van der Waals surface area contributed by atoms with E-state index >= 15 is 0 Å². The molecule has 0 atom stereocenters. The molecule has 0 heterocycles.